The van der Waals surface area contributed by atoms with E-state index < -0.39 is 0 Å². The Hall–Kier alpha value is -1.70. The summed E-state index contributed by atoms with van der Waals surface area (Å²) in [7, 11) is 0. The van der Waals surface area contributed by atoms with Crippen LogP contribution in [0.15, 0.2) is 23.8 Å². The number of carbonyl (C=O) groups excluding carboxylic acids is 2. The number of hydrogen-bond donors (Lipinski definition) is 0. The molecule has 0 bridgehead atoms. The summed E-state index contributed by atoms with van der Waals surface area (Å²) in [6.07, 6.45) is 1.68. The molecule has 0 fully saturated rings. The van der Waals surface area contributed by atoms with Crippen molar-refractivity contribution in [1.29, 1.82) is 0 Å². The second kappa shape index (κ2) is 8.60. The van der Waals surface area contributed by atoms with Crippen molar-refractivity contribution in [3.8, 4) is 0 Å². The maximum absolute atomic E-state index is 13.4. The van der Waals surface area contributed by atoms with Gasteiger partial charge in [0.1, 0.15) is 0 Å². The number of carbonyl (C=O) groups is 2. The van der Waals surface area contributed by atoms with Gasteiger partial charge in [0, 0.05) is 11.5 Å². The first-order valence-electron chi connectivity index (χ1n) is 9.45. The van der Waals surface area contributed by atoms with Gasteiger partial charge in [-0.2, -0.15) is 0 Å². The second-order valence-electron chi connectivity index (χ2n) is 8.09. The molecule has 0 N–H and O–H groups in total. The molecule has 1 aromatic carbocycles. The van der Waals surface area contributed by atoms with Crippen LogP contribution in [0, 0.1) is 5.92 Å². The summed E-state index contributed by atoms with van der Waals surface area (Å²) in [5, 5.41) is 0. The second-order valence-corrected chi connectivity index (χ2v) is 8.09. The van der Waals surface area contributed by atoms with Crippen molar-refractivity contribution in [3.63, 3.8) is 0 Å². The summed E-state index contributed by atoms with van der Waals surface area (Å²) in [5.41, 5.74) is 4.40. The lowest BCUT2D eigenvalue weighted by molar-refractivity contribution is -0.117. The third-order valence-corrected chi connectivity index (χ3v) is 4.68. The van der Waals surface area contributed by atoms with Crippen LogP contribution in [0.5, 0.6) is 0 Å². The standard InChI is InChI=1S/C23H34O2/c1-10-18(22(24)16(8)9)23(25)21-19(14(4)5)11-17(13(2)3)12-20(21)15(6)7/h10-16H,1-9H3/b18-10+. The first kappa shape index (κ1) is 21.3. The molecule has 0 heterocycles. The van der Waals surface area contributed by atoms with Crippen LogP contribution in [0.3, 0.4) is 0 Å². The van der Waals surface area contributed by atoms with Crippen molar-refractivity contribution in [1.82, 2.24) is 0 Å². The maximum Gasteiger partial charge on any atom is 0.196 e. The van der Waals surface area contributed by atoms with Crippen molar-refractivity contribution in [2.75, 3.05) is 0 Å². The number of benzene rings is 1. The van der Waals surface area contributed by atoms with E-state index in [4.69, 9.17) is 0 Å². The van der Waals surface area contributed by atoms with Crippen LogP contribution in [0.25, 0.3) is 0 Å². The average molecular weight is 343 g/mol. The zero-order valence-electron chi connectivity index (χ0n) is 17.4. The molecule has 1 rings (SSSR count). The van der Waals surface area contributed by atoms with E-state index in [2.05, 4.69) is 53.7 Å². The van der Waals surface area contributed by atoms with Crippen LogP contribution in [-0.4, -0.2) is 11.6 Å². The van der Waals surface area contributed by atoms with Gasteiger partial charge in [0.05, 0.1) is 5.57 Å². The van der Waals surface area contributed by atoms with Gasteiger partial charge >= 0.3 is 0 Å². The monoisotopic (exact) mass is 342 g/mol. The summed E-state index contributed by atoms with van der Waals surface area (Å²) < 4.78 is 0. The molecule has 0 aliphatic heterocycles. The molecule has 0 saturated carbocycles. The van der Waals surface area contributed by atoms with Gasteiger partial charge in [-0.05, 0) is 41.4 Å². The van der Waals surface area contributed by atoms with Crippen LogP contribution in [0.2, 0.25) is 0 Å². The van der Waals surface area contributed by atoms with Crippen LogP contribution in [-0.2, 0) is 4.79 Å². The topological polar surface area (TPSA) is 34.1 Å². The highest BCUT2D eigenvalue weighted by Crippen LogP contribution is 2.34. The minimum absolute atomic E-state index is 0.0788. The summed E-state index contributed by atoms with van der Waals surface area (Å²) in [6, 6.07) is 4.31. The van der Waals surface area contributed by atoms with Crippen LogP contribution in [0.1, 0.15) is 107 Å². The fraction of sp³-hybridized carbons (Fsp3) is 0.565. The lowest BCUT2D eigenvalue weighted by atomic mass is 9.80. The largest absolute Gasteiger partial charge is 0.294 e. The van der Waals surface area contributed by atoms with Crippen molar-refractivity contribution in [2.45, 2.75) is 80.1 Å². The third-order valence-electron chi connectivity index (χ3n) is 4.68. The summed E-state index contributed by atoms with van der Waals surface area (Å²) in [6.45, 7) is 18.2. The Balaban J connectivity index is 3.72. The molecule has 0 unspecified atom stereocenters. The molecule has 0 aromatic heterocycles. The number of rotatable bonds is 7. The molecule has 0 spiro atoms. The molecule has 0 amide bonds. The van der Waals surface area contributed by atoms with Gasteiger partial charge in [-0.25, -0.2) is 0 Å². The third kappa shape index (κ3) is 4.68. The highest BCUT2D eigenvalue weighted by Gasteiger charge is 2.27. The molecule has 0 atom stereocenters. The van der Waals surface area contributed by atoms with E-state index in [1.807, 2.05) is 13.8 Å². The number of Topliss-reactive ketones (excluding diaryl/α,β-unsaturated/α-hetero) is 2. The van der Waals surface area contributed by atoms with Crippen LogP contribution < -0.4 is 0 Å². The van der Waals surface area contributed by atoms with E-state index >= 15 is 0 Å². The fourth-order valence-electron chi connectivity index (χ4n) is 3.05. The smallest absolute Gasteiger partial charge is 0.196 e. The Morgan fingerprint density at radius 1 is 0.800 bits per heavy atom. The van der Waals surface area contributed by atoms with Gasteiger partial charge < -0.3 is 0 Å². The van der Waals surface area contributed by atoms with Crippen molar-refractivity contribution < 1.29 is 9.59 Å². The van der Waals surface area contributed by atoms with Crippen LogP contribution in [0.4, 0.5) is 0 Å². The van der Waals surface area contributed by atoms with Gasteiger partial charge in [-0.15, -0.1) is 0 Å². The minimum atomic E-state index is -0.185. The van der Waals surface area contributed by atoms with E-state index in [0.717, 1.165) is 16.7 Å². The molecular formula is C23H34O2. The van der Waals surface area contributed by atoms with Gasteiger partial charge in [0.2, 0.25) is 0 Å². The normalized spacial score (nSPS) is 12.6. The molecule has 0 saturated heterocycles. The number of hydrogen-bond acceptors (Lipinski definition) is 2. The first-order chi connectivity index (χ1) is 11.5. The number of ketones is 2. The minimum Gasteiger partial charge on any atom is -0.294 e. The quantitative estimate of drug-likeness (QED) is 0.248. The lowest BCUT2D eigenvalue weighted by Gasteiger charge is -2.23. The molecule has 138 valence electrons. The molecule has 2 nitrogen and oxygen atoms in total. The molecule has 0 radical (unpaired) electrons. The highest BCUT2D eigenvalue weighted by molar-refractivity contribution is 6.27. The first-order valence-corrected chi connectivity index (χ1v) is 9.45. The zero-order chi connectivity index (χ0) is 19.5. The van der Waals surface area contributed by atoms with Gasteiger partial charge in [-0.1, -0.05) is 73.6 Å². The van der Waals surface area contributed by atoms with E-state index in [1.165, 1.54) is 5.56 Å². The molecule has 25 heavy (non-hydrogen) atoms. The van der Waals surface area contributed by atoms with Gasteiger partial charge in [0.25, 0.3) is 0 Å². The highest BCUT2D eigenvalue weighted by atomic mass is 16.1. The maximum atomic E-state index is 13.4. The lowest BCUT2D eigenvalue weighted by Crippen LogP contribution is -2.21. The Morgan fingerprint density at radius 3 is 1.52 bits per heavy atom. The number of allylic oxidation sites excluding steroid dienone is 2. The molecule has 0 aliphatic rings. The van der Waals surface area contributed by atoms with E-state index in [0.29, 0.717) is 11.5 Å². The molecular weight excluding hydrogens is 308 g/mol. The predicted molar refractivity (Wildman–Crippen MR) is 107 cm³/mol. The van der Waals surface area contributed by atoms with Crippen molar-refractivity contribution in [2.24, 2.45) is 5.92 Å². The molecule has 2 heteroatoms. The summed E-state index contributed by atoms with van der Waals surface area (Å²) in [5.74, 6) is 0.464. The van der Waals surface area contributed by atoms with Crippen LogP contribution >= 0.6 is 0 Å². The SMILES string of the molecule is C/C=C(/C(=O)c1c(C(C)C)cc(C(C)C)cc1C(C)C)C(=O)C(C)C. The fourth-order valence-corrected chi connectivity index (χ4v) is 3.05. The Morgan fingerprint density at radius 2 is 1.24 bits per heavy atom. The molecule has 1 aromatic rings. The average Bonchev–Trinajstić information content (AvgIpc) is 2.53. The van der Waals surface area contributed by atoms with Gasteiger partial charge in [0.15, 0.2) is 11.6 Å². The zero-order valence-corrected chi connectivity index (χ0v) is 17.4. The van der Waals surface area contributed by atoms with Crippen molar-refractivity contribution in [3.05, 3.63) is 46.0 Å². The van der Waals surface area contributed by atoms with E-state index in [-0.39, 0.29) is 29.3 Å². The predicted octanol–water partition coefficient (Wildman–Crippen LogP) is 6.41. The van der Waals surface area contributed by atoms with E-state index in [1.54, 1.807) is 13.0 Å². The Labute approximate surface area is 153 Å². The Bertz CT molecular complexity index is 644. The Kier molecular flexibility index (Phi) is 7.34. The van der Waals surface area contributed by atoms with Crippen molar-refractivity contribution >= 4 is 11.6 Å². The van der Waals surface area contributed by atoms with Gasteiger partial charge in [-0.3, -0.25) is 9.59 Å². The van der Waals surface area contributed by atoms with E-state index in [9.17, 15) is 9.59 Å². The summed E-state index contributed by atoms with van der Waals surface area (Å²) in [4.78, 5) is 25.9. The summed E-state index contributed by atoms with van der Waals surface area (Å²) >= 11 is 0. The molecule has 0 aliphatic carbocycles.